The SMILES string of the molecule is C=CC(=O)N1CCC(O)(c2ccccc2F)C1. The normalized spacial score (nSPS) is 23.8. The van der Waals surface area contributed by atoms with E-state index in [0.29, 0.717) is 13.0 Å². The number of likely N-dealkylation sites (tertiary alicyclic amines) is 1. The van der Waals surface area contributed by atoms with Gasteiger partial charge in [0.15, 0.2) is 0 Å². The van der Waals surface area contributed by atoms with Gasteiger partial charge < -0.3 is 10.0 Å². The molecule has 1 fully saturated rings. The van der Waals surface area contributed by atoms with E-state index in [0.717, 1.165) is 0 Å². The molecule has 4 heteroatoms. The van der Waals surface area contributed by atoms with Gasteiger partial charge in [-0.25, -0.2) is 4.39 Å². The van der Waals surface area contributed by atoms with Gasteiger partial charge in [0.05, 0.1) is 6.54 Å². The lowest BCUT2D eigenvalue weighted by Crippen LogP contribution is -2.34. The Hall–Kier alpha value is -1.68. The van der Waals surface area contributed by atoms with E-state index in [-0.39, 0.29) is 18.0 Å². The summed E-state index contributed by atoms with van der Waals surface area (Å²) in [6, 6.07) is 6.11. The van der Waals surface area contributed by atoms with Gasteiger partial charge in [0, 0.05) is 12.1 Å². The summed E-state index contributed by atoms with van der Waals surface area (Å²) >= 11 is 0. The molecule has 0 spiro atoms. The Morgan fingerprint density at radius 1 is 1.53 bits per heavy atom. The molecule has 17 heavy (non-hydrogen) atoms. The van der Waals surface area contributed by atoms with Gasteiger partial charge in [-0.3, -0.25) is 4.79 Å². The minimum absolute atomic E-state index is 0.110. The Labute approximate surface area is 99.2 Å². The molecule has 1 heterocycles. The second-order valence-electron chi connectivity index (χ2n) is 4.23. The predicted molar refractivity (Wildman–Crippen MR) is 61.7 cm³/mol. The minimum Gasteiger partial charge on any atom is -0.383 e. The molecule has 1 amide bonds. The third kappa shape index (κ3) is 2.08. The van der Waals surface area contributed by atoms with Crippen LogP contribution in [-0.4, -0.2) is 29.0 Å². The van der Waals surface area contributed by atoms with Gasteiger partial charge in [-0.2, -0.15) is 0 Å². The summed E-state index contributed by atoms with van der Waals surface area (Å²) < 4.78 is 13.6. The van der Waals surface area contributed by atoms with Gasteiger partial charge in [-0.15, -0.1) is 0 Å². The van der Waals surface area contributed by atoms with Gasteiger partial charge in [0.25, 0.3) is 0 Å². The highest BCUT2D eigenvalue weighted by atomic mass is 19.1. The zero-order valence-electron chi connectivity index (χ0n) is 9.40. The number of aliphatic hydroxyl groups is 1. The summed E-state index contributed by atoms with van der Waals surface area (Å²) in [6.07, 6.45) is 1.54. The van der Waals surface area contributed by atoms with E-state index in [1.54, 1.807) is 18.2 Å². The molecular formula is C13H14FNO2. The largest absolute Gasteiger partial charge is 0.383 e. The second-order valence-corrected chi connectivity index (χ2v) is 4.23. The number of carbonyl (C=O) groups excluding carboxylic acids is 1. The number of amides is 1. The molecule has 1 atom stereocenters. The summed E-state index contributed by atoms with van der Waals surface area (Å²) in [5.74, 6) is -0.680. The number of nitrogens with zero attached hydrogens (tertiary/aromatic N) is 1. The van der Waals surface area contributed by atoms with E-state index in [1.165, 1.54) is 17.0 Å². The maximum atomic E-state index is 13.6. The average molecular weight is 235 g/mol. The molecule has 0 saturated carbocycles. The van der Waals surface area contributed by atoms with Crippen molar-refractivity contribution in [3.63, 3.8) is 0 Å². The molecule has 1 unspecified atom stereocenters. The molecular weight excluding hydrogens is 221 g/mol. The topological polar surface area (TPSA) is 40.5 Å². The van der Waals surface area contributed by atoms with Crippen LogP contribution in [-0.2, 0) is 10.4 Å². The summed E-state index contributed by atoms with van der Waals surface area (Å²) in [6.45, 7) is 3.92. The Morgan fingerprint density at radius 3 is 2.88 bits per heavy atom. The zero-order chi connectivity index (χ0) is 12.5. The molecule has 0 aliphatic carbocycles. The van der Waals surface area contributed by atoms with E-state index < -0.39 is 11.4 Å². The maximum Gasteiger partial charge on any atom is 0.246 e. The Kier molecular flexibility index (Phi) is 2.98. The first-order valence-corrected chi connectivity index (χ1v) is 5.45. The van der Waals surface area contributed by atoms with Crippen LogP contribution in [0.4, 0.5) is 4.39 Å². The molecule has 1 aromatic carbocycles. The molecule has 0 radical (unpaired) electrons. The number of hydrogen-bond donors (Lipinski definition) is 1. The van der Waals surface area contributed by atoms with Crippen LogP contribution in [0.5, 0.6) is 0 Å². The number of rotatable bonds is 2. The van der Waals surface area contributed by atoms with Gasteiger partial charge in [0.2, 0.25) is 5.91 Å². The molecule has 0 aromatic heterocycles. The van der Waals surface area contributed by atoms with Crippen molar-refractivity contribution in [2.24, 2.45) is 0 Å². The summed E-state index contributed by atoms with van der Waals surface area (Å²) in [4.78, 5) is 12.9. The lowest BCUT2D eigenvalue weighted by Gasteiger charge is -2.23. The van der Waals surface area contributed by atoms with Crippen molar-refractivity contribution in [3.05, 3.63) is 48.3 Å². The number of β-amino-alcohol motifs (C(OH)–C–C–N with tert-alkyl or cyclic N) is 1. The van der Waals surface area contributed by atoms with Crippen molar-refractivity contribution >= 4 is 5.91 Å². The third-order valence-electron chi connectivity index (χ3n) is 3.11. The third-order valence-corrected chi connectivity index (χ3v) is 3.11. The van der Waals surface area contributed by atoms with Crippen molar-refractivity contribution in [2.45, 2.75) is 12.0 Å². The maximum absolute atomic E-state index is 13.6. The lowest BCUT2D eigenvalue weighted by molar-refractivity contribution is -0.126. The fourth-order valence-electron chi connectivity index (χ4n) is 2.17. The van der Waals surface area contributed by atoms with E-state index >= 15 is 0 Å². The summed E-state index contributed by atoms with van der Waals surface area (Å²) in [7, 11) is 0. The Morgan fingerprint density at radius 2 is 2.24 bits per heavy atom. The van der Waals surface area contributed by atoms with Gasteiger partial charge in [-0.05, 0) is 18.6 Å². The lowest BCUT2D eigenvalue weighted by atomic mass is 9.92. The first-order valence-electron chi connectivity index (χ1n) is 5.45. The Balaban J connectivity index is 2.26. The van der Waals surface area contributed by atoms with E-state index in [1.807, 2.05) is 0 Å². The fourth-order valence-corrected chi connectivity index (χ4v) is 2.17. The number of benzene rings is 1. The predicted octanol–water partition coefficient (Wildman–Crippen LogP) is 1.43. The fraction of sp³-hybridized carbons (Fsp3) is 0.308. The molecule has 1 aromatic rings. The van der Waals surface area contributed by atoms with Crippen LogP contribution in [0.3, 0.4) is 0 Å². The van der Waals surface area contributed by atoms with Crippen LogP contribution in [0.25, 0.3) is 0 Å². The van der Waals surface area contributed by atoms with Gasteiger partial charge >= 0.3 is 0 Å². The van der Waals surface area contributed by atoms with Crippen LogP contribution >= 0.6 is 0 Å². The highest BCUT2D eigenvalue weighted by Crippen LogP contribution is 2.33. The molecule has 1 N–H and O–H groups in total. The van der Waals surface area contributed by atoms with Crippen molar-refractivity contribution in [1.82, 2.24) is 4.90 Å². The highest BCUT2D eigenvalue weighted by molar-refractivity contribution is 5.87. The molecule has 1 aliphatic heterocycles. The number of carbonyl (C=O) groups is 1. The molecule has 0 bridgehead atoms. The quantitative estimate of drug-likeness (QED) is 0.788. The van der Waals surface area contributed by atoms with Crippen LogP contribution in [0.15, 0.2) is 36.9 Å². The van der Waals surface area contributed by atoms with Crippen molar-refractivity contribution in [3.8, 4) is 0 Å². The van der Waals surface area contributed by atoms with E-state index in [9.17, 15) is 14.3 Å². The average Bonchev–Trinajstić information content (AvgIpc) is 2.72. The summed E-state index contributed by atoms with van der Waals surface area (Å²) in [5, 5.41) is 10.4. The first-order chi connectivity index (χ1) is 8.07. The number of halogens is 1. The van der Waals surface area contributed by atoms with Crippen molar-refractivity contribution < 1.29 is 14.3 Å². The summed E-state index contributed by atoms with van der Waals surface area (Å²) in [5.41, 5.74) is -1.04. The van der Waals surface area contributed by atoms with Crippen LogP contribution in [0.2, 0.25) is 0 Å². The van der Waals surface area contributed by atoms with Gasteiger partial charge in [0.1, 0.15) is 11.4 Å². The van der Waals surface area contributed by atoms with E-state index in [2.05, 4.69) is 6.58 Å². The van der Waals surface area contributed by atoms with Crippen molar-refractivity contribution in [1.29, 1.82) is 0 Å². The second kappa shape index (κ2) is 4.30. The molecule has 3 nitrogen and oxygen atoms in total. The standard InChI is InChI=1S/C13H14FNO2/c1-2-12(16)15-8-7-13(17,9-15)10-5-3-4-6-11(10)14/h2-6,17H,1,7-9H2. The van der Waals surface area contributed by atoms with Crippen LogP contribution < -0.4 is 0 Å². The first kappa shape index (κ1) is 11.8. The minimum atomic E-state index is -1.29. The van der Waals surface area contributed by atoms with Gasteiger partial charge in [-0.1, -0.05) is 24.8 Å². The Bertz CT molecular complexity index is 460. The molecule has 1 saturated heterocycles. The smallest absolute Gasteiger partial charge is 0.246 e. The molecule has 2 rings (SSSR count). The van der Waals surface area contributed by atoms with Crippen LogP contribution in [0.1, 0.15) is 12.0 Å². The molecule has 90 valence electrons. The zero-order valence-corrected chi connectivity index (χ0v) is 9.40. The highest BCUT2D eigenvalue weighted by Gasteiger charge is 2.40. The van der Waals surface area contributed by atoms with Crippen molar-refractivity contribution in [2.75, 3.05) is 13.1 Å². The monoisotopic (exact) mass is 235 g/mol. The molecule has 1 aliphatic rings. The van der Waals surface area contributed by atoms with E-state index in [4.69, 9.17) is 0 Å². The van der Waals surface area contributed by atoms with Crippen LogP contribution in [0, 0.1) is 5.82 Å². The number of hydrogen-bond acceptors (Lipinski definition) is 2.